The lowest BCUT2D eigenvalue weighted by Gasteiger charge is -2.05. The molecular weight excluding hydrogens is 169 g/mol. The predicted molar refractivity (Wildman–Crippen MR) is 55.6 cm³/mol. The van der Waals surface area contributed by atoms with Crippen molar-refractivity contribution in [2.45, 2.75) is 26.6 Å². The first-order valence-corrected chi connectivity index (χ1v) is 4.41. The van der Waals surface area contributed by atoms with Gasteiger partial charge in [-0.1, -0.05) is 19.1 Å². The third-order valence-corrected chi connectivity index (χ3v) is 0.832. The summed E-state index contributed by atoms with van der Waals surface area (Å²) in [4.78, 5) is 2.00. The third-order valence-electron chi connectivity index (χ3n) is 0.832. The molecule has 0 N–H and O–H groups in total. The van der Waals surface area contributed by atoms with Crippen LogP contribution in [0.25, 0.3) is 0 Å². The molecule has 1 unspecified atom stereocenters. The van der Waals surface area contributed by atoms with E-state index in [1.165, 1.54) is 0 Å². The van der Waals surface area contributed by atoms with Crippen LogP contribution in [0.2, 0.25) is 0 Å². The van der Waals surface area contributed by atoms with E-state index in [0.717, 1.165) is 5.57 Å². The SMILES string of the molecule is C=C(C)COC(F)CC.CN(C)C. The van der Waals surface area contributed by atoms with Crippen LogP contribution in [0.15, 0.2) is 12.2 Å². The van der Waals surface area contributed by atoms with E-state index >= 15 is 0 Å². The van der Waals surface area contributed by atoms with Gasteiger partial charge >= 0.3 is 0 Å². The summed E-state index contributed by atoms with van der Waals surface area (Å²) in [6, 6.07) is 0. The summed E-state index contributed by atoms with van der Waals surface area (Å²) in [5, 5.41) is 0. The smallest absolute Gasteiger partial charge is 0.198 e. The van der Waals surface area contributed by atoms with E-state index in [2.05, 4.69) is 11.3 Å². The summed E-state index contributed by atoms with van der Waals surface area (Å²) in [5.74, 6) is 0. The van der Waals surface area contributed by atoms with Crippen molar-refractivity contribution in [2.75, 3.05) is 27.7 Å². The lowest BCUT2D eigenvalue weighted by atomic mass is 10.4. The summed E-state index contributed by atoms with van der Waals surface area (Å²) in [5.41, 5.74) is 0.853. The molecule has 0 fully saturated rings. The minimum Gasteiger partial charge on any atom is -0.344 e. The van der Waals surface area contributed by atoms with Crippen molar-refractivity contribution < 1.29 is 9.13 Å². The monoisotopic (exact) mass is 191 g/mol. The Morgan fingerprint density at radius 3 is 2.08 bits per heavy atom. The van der Waals surface area contributed by atoms with Crippen LogP contribution < -0.4 is 0 Å². The Bertz CT molecular complexity index is 123. The minimum atomic E-state index is -1.12. The minimum absolute atomic E-state index is 0.328. The van der Waals surface area contributed by atoms with Crippen LogP contribution in [-0.4, -0.2) is 39.0 Å². The molecule has 0 radical (unpaired) electrons. The van der Waals surface area contributed by atoms with E-state index in [-0.39, 0.29) is 0 Å². The molecule has 0 aromatic carbocycles. The summed E-state index contributed by atoms with van der Waals surface area (Å²) >= 11 is 0. The number of hydrogen-bond donors (Lipinski definition) is 0. The van der Waals surface area contributed by atoms with E-state index < -0.39 is 6.36 Å². The number of hydrogen-bond acceptors (Lipinski definition) is 2. The Balaban J connectivity index is 0. The highest BCUT2D eigenvalue weighted by molar-refractivity contribution is 4.87. The maximum atomic E-state index is 12.2. The molecule has 0 saturated heterocycles. The zero-order valence-corrected chi connectivity index (χ0v) is 9.43. The summed E-state index contributed by atoms with van der Waals surface area (Å²) in [6.45, 7) is 7.45. The average molecular weight is 191 g/mol. The zero-order chi connectivity index (χ0) is 10.9. The van der Waals surface area contributed by atoms with Crippen molar-refractivity contribution in [3.8, 4) is 0 Å². The average Bonchev–Trinajstić information content (AvgIpc) is 1.99. The highest BCUT2D eigenvalue weighted by atomic mass is 19.1. The second-order valence-electron chi connectivity index (χ2n) is 3.43. The largest absolute Gasteiger partial charge is 0.344 e. The molecule has 13 heavy (non-hydrogen) atoms. The molecule has 2 nitrogen and oxygen atoms in total. The molecule has 0 aliphatic carbocycles. The number of alkyl halides is 1. The molecule has 0 saturated carbocycles. The van der Waals surface area contributed by atoms with Gasteiger partial charge in [-0.05, 0) is 28.1 Å². The highest BCUT2D eigenvalue weighted by Crippen LogP contribution is 2.00. The van der Waals surface area contributed by atoms with Crippen LogP contribution in [0.4, 0.5) is 4.39 Å². The van der Waals surface area contributed by atoms with E-state index in [4.69, 9.17) is 0 Å². The van der Waals surface area contributed by atoms with Gasteiger partial charge in [0.1, 0.15) is 0 Å². The molecule has 0 rings (SSSR count). The molecular formula is C10H22FNO. The standard InChI is InChI=1S/C7H13FO.C3H9N/c1-4-7(8)9-5-6(2)3;1-4(2)3/h7H,2,4-5H2,1,3H3;1-3H3. The van der Waals surface area contributed by atoms with Gasteiger partial charge in [-0.2, -0.15) is 0 Å². The van der Waals surface area contributed by atoms with Gasteiger partial charge in [0.05, 0.1) is 6.61 Å². The maximum absolute atomic E-state index is 12.2. The molecule has 0 aromatic heterocycles. The fourth-order valence-corrected chi connectivity index (χ4v) is 0.351. The first-order chi connectivity index (χ1) is 5.90. The summed E-state index contributed by atoms with van der Waals surface area (Å²) < 4.78 is 16.9. The number of halogens is 1. The van der Waals surface area contributed by atoms with Crippen LogP contribution in [0, 0.1) is 0 Å². The Labute approximate surface area is 81.4 Å². The normalized spacial score (nSPS) is 11.9. The van der Waals surface area contributed by atoms with Gasteiger partial charge in [0.15, 0.2) is 6.36 Å². The number of rotatable bonds is 4. The first-order valence-electron chi connectivity index (χ1n) is 4.41. The van der Waals surface area contributed by atoms with Crippen molar-refractivity contribution >= 4 is 0 Å². The second-order valence-corrected chi connectivity index (χ2v) is 3.43. The Morgan fingerprint density at radius 1 is 1.46 bits per heavy atom. The van der Waals surface area contributed by atoms with E-state index in [0.29, 0.717) is 13.0 Å². The predicted octanol–water partition coefficient (Wildman–Crippen LogP) is 2.46. The van der Waals surface area contributed by atoms with Crippen molar-refractivity contribution in [3.63, 3.8) is 0 Å². The van der Waals surface area contributed by atoms with Crippen LogP contribution in [0.1, 0.15) is 20.3 Å². The van der Waals surface area contributed by atoms with Gasteiger partial charge in [-0.25, -0.2) is 4.39 Å². The molecule has 1 atom stereocenters. The highest BCUT2D eigenvalue weighted by Gasteiger charge is 2.00. The van der Waals surface area contributed by atoms with Crippen LogP contribution >= 0.6 is 0 Å². The molecule has 0 aromatic rings. The van der Waals surface area contributed by atoms with Gasteiger partial charge in [-0.15, -0.1) is 0 Å². The first kappa shape index (κ1) is 15.1. The molecule has 0 spiro atoms. The lowest BCUT2D eigenvalue weighted by molar-refractivity contribution is -0.0290. The molecule has 3 heteroatoms. The van der Waals surface area contributed by atoms with Crippen LogP contribution in [-0.2, 0) is 4.74 Å². The summed E-state index contributed by atoms with van der Waals surface area (Å²) in [7, 11) is 6.00. The quantitative estimate of drug-likeness (QED) is 0.633. The maximum Gasteiger partial charge on any atom is 0.198 e. The number of nitrogens with zero attached hydrogens (tertiary/aromatic N) is 1. The Hall–Kier alpha value is -0.410. The van der Waals surface area contributed by atoms with Gasteiger partial charge in [0.25, 0.3) is 0 Å². The van der Waals surface area contributed by atoms with E-state index in [9.17, 15) is 4.39 Å². The van der Waals surface area contributed by atoms with Crippen molar-refractivity contribution in [3.05, 3.63) is 12.2 Å². The van der Waals surface area contributed by atoms with Gasteiger partial charge in [-0.3, -0.25) is 0 Å². The van der Waals surface area contributed by atoms with E-state index in [1.54, 1.807) is 6.92 Å². The van der Waals surface area contributed by atoms with Crippen molar-refractivity contribution in [1.82, 2.24) is 4.90 Å². The van der Waals surface area contributed by atoms with Gasteiger partial charge in [0, 0.05) is 6.42 Å². The molecule has 0 bridgehead atoms. The summed E-state index contributed by atoms with van der Waals surface area (Å²) in [6.07, 6.45) is -0.713. The van der Waals surface area contributed by atoms with Gasteiger partial charge < -0.3 is 9.64 Å². The van der Waals surface area contributed by atoms with Crippen LogP contribution in [0.5, 0.6) is 0 Å². The molecule has 80 valence electrons. The van der Waals surface area contributed by atoms with Crippen molar-refractivity contribution in [1.29, 1.82) is 0 Å². The van der Waals surface area contributed by atoms with Crippen molar-refractivity contribution in [2.24, 2.45) is 0 Å². The lowest BCUT2D eigenvalue weighted by Crippen LogP contribution is -2.05. The second kappa shape index (κ2) is 9.68. The fourth-order valence-electron chi connectivity index (χ4n) is 0.351. The van der Waals surface area contributed by atoms with Gasteiger partial charge in [0.2, 0.25) is 0 Å². The number of ether oxygens (including phenoxy) is 1. The molecule has 0 heterocycles. The third kappa shape index (κ3) is 24.5. The molecule has 0 aliphatic heterocycles. The molecule has 0 amide bonds. The zero-order valence-electron chi connectivity index (χ0n) is 9.43. The van der Waals surface area contributed by atoms with E-state index in [1.807, 2.05) is 33.0 Å². The van der Waals surface area contributed by atoms with Crippen LogP contribution in [0.3, 0.4) is 0 Å². The fraction of sp³-hybridized carbons (Fsp3) is 0.800. The Morgan fingerprint density at radius 2 is 1.85 bits per heavy atom. The Kier molecular flexibility index (Phi) is 11.2. The molecule has 0 aliphatic rings. The topological polar surface area (TPSA) is 12.5 Å².